The molecule has 0 spiro atoms. The van der Waals surface area contributed by atoms with Crippen LogP contribution in [0.4, 0.5) is 0 Å². The Morgan fingerprint density at radius 2 is 2.00 bits per heavy atom. The third-order valence-corrected chi connectivity index (χ3v) is 4.32. The number of aromatic nitrogens is 1. The number of carbonyl (C=O) groups is 3. The number of esters is 2. The predicted molar refractivity (Wildman–Crippen MR) is 94.9 cm³/mol. The zero-order chi connectivity index (χ0) is 19.1. The highest BCUT2D eigenvalue weighted by atomic mass is 16.6. The zero-order valence-corrected chi connectivity index (χ0v) is 15.3. The first-order chi connectivity index (χ1) is 12.2. The number of methoxy groups -OCH3 is 1. The van der Waals surface area contributed by atoms with Gasteiger partial charge in [0.05, 0.1) is 19.6 Å². The van der Waals surface area contributed by atoms with Crippen LogP contribution in [0.2, 0.25) is 0 Å². The fraction of sp³-hybridized carbons (Fsp3) is 0.474. The van der Waals surface area contributed by atoms with Crippen LogP contribution in [-0.4, -0.2) is 47.8 Å². The van der Waals surface area contributed by atoms with Gasteiger partial charge < -0.3 is 14.0 Å². The number of nitrogens with zero attached hydrogens (tertiary/aromatic N) is 2. The lowest BCUT2D eigenvalue weighted by atomic mass is 9.93. The minimum Gasteiger partial charge on any atom is -0.463 e. The van der Waals surface area contributed by atoms with Crippen LogP contribution in [0, 0.1) is 5.92 Å². The molecule has 2 unspecified atom stereocenters. The minimum absolute atomic E-state index is 0.279. The van der Waals surface area contributed by atoms with Crippen molar-refractivity contribution < 1.29 is 23.9 Å². The zero-order valence-electron chi connectivity index (χ0n) is 15.3. The van der Waals surface area contributed by atoms with Crippen LogP contribution in [0.5, 0.6) is 0 Å². The molecule has 0 amide bonds. The fourth-order valence-electron chi connectivity index (χ4n) is 3.27. The molecule has 7 nitrogen and oxygen atoms in total. The van der Waals surface area contributed by atoms with Gasteiger partial charge in [0, 0.05) is 17.8 Å². The van der Waals surface area contributed by atoms with Crippen LogP contribution >= 0.6 is 0 Å². The average molecular weight is 358 g/mol. The second kappa shape index (κ2) is 6.55. The molecular weight excluding hydrogens is 336 g/mol. The normalized spacial score (nSPS) is 21.3. The topological polar surface area (TPSA) is 87.0 Å². The van der Waals surface area contributed by atoms with Crippen molar-refractivity contribution >= 4 is 35.6 Å². The predicted octanol–water partition coefficient (Wildman–Crippen LogP) is 0.149. The van der Waals surface area contributed by atoms with E-state index < -0.39 is 29.3 Å². The first kappa shape index (κ1) is 18.1. The quantitative estimate of drug-likeness (QED) is 0.567. The molecule has 1 aliphatic carbocycles. The highest BCUT2D eigenvalue weighted by molar-refractivity contribution is 6.38. The van der Waals surface area contributed by atoms with Crippen LogP contribution in [0.3, 0.4) is 0 Å². The molecule has 0 saturated heterocycles. The number of carbonyl (C=O) groups excluding carboxylic acids is 3. The Morgan fingerprint density at radius 3 is 2.65 bits per heavy atom. The van der Waals surface area contributed by atoms with E-state index in [-0.39, 0.29) is 5.97 Å². The Hall–Kier alpha value is -2.70. The molecule has 2 aliphatic rings. The molecule has 138 valence electrons. The van der Waals surface area contributed by atoms with E-state index in [4.69, 9.17) is 4.74 Å². The maximum absolute atomic E-state index is 12.5. The Labute approximate surface area is 151 Å². The molecule has 26 heavy (non-hydrogen) atoms. The Morgan fingerprint density at radius 1 is 1.27 bits per heavy atom. The lowest BCUT2D eigenvalue weighted by molar-refractivity contribution is -0.157. The summed E-state index contributed by atoms with van der Waals surface area (Å²) in [7, 11) is 1.18. The van der Waals surface area contributed by atoms with Crippen molar-refractivity contribution in [3.8, 4) is 0 Å². The van der Waals surface area contributed by atoms with E-state index in [1.165, 1.54) is 13.3 Å². The molecule has 0 N–H and O–H groups in total. The van der Waals surface area contributed by atoms with Gasteiger partial charge in [0.1, 0.15) is 11.6 Å². The van der Waals surface area contributed by atoms with Gasteiger partial charge in [-0.25, -0.2) is 4.79 Å². The summed E-state index contributed by atoms with van der Waals surface area (Å²) in [5.74, 6) is -2.25. The smallest absolute Gasteiger partial charge is 0.377 e. The Balaban J connectivity index is 2.01. The van der Waals surface area contributed by atoms with E-state index in [0.717, 1.165) is 16.1 Å². The molecular formula is C19H22N2O5. The molecule has 1 aromatic rings. The second-order valence-electron chi connectivity index (χ2n) is 7.43. The molecule has 7 heteroatoms. The monoisotopic (exact) mass is 358 g/mol. The van der Waals surface area contributed by atoms with Gasteiger partial charge in [-0.15, -0.1) is 0 Å². The number of Topliss-reactive ketones (excluding diaryl/α,β-unsaturated/α-hetero) is 1. The summed E-state index contributed by atoms with van der Waals surface area (Å²) in [6.07, 6.45) is 5.53. The summed E-state index contributed by atoms with van der Waals surface area (Å²) in [5, 5.41) is 1.68. The van der Waals surface area contributed by atoms with Crippen molar-refractivity contribution in [2.75, 3.05) is 13.7 Å². The van der Waals surface area contributed by atoms with Crippen molar-refractivity contribution in [1.29, 1.82) is 0 Å². The summed E-state index contributed by atoms with van der Waals surface area (Å²) in [4.78, 5) is 40.7. The maximum atomic E-state index is 12.5. The van der Waals surface area contributed by atoms with Crippen LogP contribution in [0.15, 0.2) is 17.3 Å². The molecule has 2 atom stereocenters. The summed E-state index contributed by atoms with van der Waals surface area (Å²) < 4.78 is 11.8. The second-order valence-corrected chi connectivity index (χ2v) is 7.43. The third kappa shape index (κ3) is 3.34. The van der Waals surface area contributed by atoms with Gasteiger partial charge in [0.15, 0.2) is 0 Å². The highest BCUT2D eigenvalue weighted by Crippen LogP contribution is 2.22. The molecule has 3 rings (SSSR count). The van der Waals surface area contributed by atoms with E-state index >= 15 is 0 Å². The molecule has 0 aromatic carbocycles. The molecule has 0 bridgehead atoms. The number of rotatable bonds is 3. The molecule has 0 radical (unpaired) electrons. The summed E-state index contributed by atoms with van der Waals surface area (Å²) in [6, 6.07) is 0.998. The van der Waals surface area contributed by atoms with Crippen molar-refractivity contribution in [2.45, 2.75) is 38.8 Å². The summed E-state index contributed by atoms with van der Waals surface area (Å²) in [5.41, 5.74) is 0.390. The van der Waals surface area contributed by atoms with Gasteiger partial charge in [0.2, 0.25) is 0 Å². The SMILES string of the molecule is COC(=O)C(=O)C1C=NCC2=c3c(ccn31)=CC(C(=O)OC(C)(C)C)C2. The lowest BCUT2D eigenvalue weighted by Gasteiger charge is -2.24. The molecule has 2 heterocycles. The van der Waals surface area contributed by atoms with Gasteiger partial charge in [-0.1, -0.05) is 6.08 Å². The third-order valence-electron chi connectivity index (χ3n) is 4.32. The first-order valence-electron chi connectivity index (χ1n) is 8.47. The Kier molecular flexibility index (Phi) is 4.56. The van der Waals surface area contributed by atoms with Crippen molar-refractivity contribution in [2.24, 2.45) is 10.9 Å². The van der Waals surface area contributed by atoms with E-state index in [9.17, 15) is 14.4 Å². The van der Waals surface area contributed by atoms with Gasteiger partial charge >= 0.3 is 11.9 Å². The van der Waals surface area contributed by atoms with Crippen LogP contribution in [0.25, 0.3) is 11.6 Å². The lowest BCUT2D eigenvalue weighted by Crippen LogP contribution is -2.41. The van der Waals surface area contributed by atoms with Gasteiger partial charge in [-0.05, 0) is 44.1 Å². The molecule has 0 saturated carbocycles. The maximum Gasteiger partial charge on any atom is 0.377 e. The first-order valence-corrected chi connectivity index (χ1v) is 8.47. The minimum atomic E-state index is -0.904. The molecule has 1 aliphatic heterocycles. The standard InChI is InChI=1S/C19H22N2O5/c1-19(2,3)26-17(23)12-7-11-5-6-21-14(16(22)18(24)25-4)10-20-9-13(8-12)15(11)21/h5-7,10,12,14H,8-9H2,1-4H3. The number of ether oxygens (including phenoxy) is 2. The van der Waals surface area contributed by atoms with Crippen molar-refractivity contribution in [3.05, 3.63) is 22.8 Å². The van der Waals surface area contributed by atoms with Crippen molar-refractivity contribution in [1.82, 2.24) is 4.57 Å². The molecule has 0 fully saturated rings. The van der Waals surface area contributed by atoms with Crippen LogP contribution in [-0.2, 0) is 23.9 Å². The van der Waals surface area contributed by atoms with Crippen LogP contribution in [0.1, 0.15) is 33.2 Å². The van der Waals surface area contributed by atoms with Gasteiger partial charge in [-0.3, -0.25) is 14.6 Å². The molecule has 1 aromatic heterocycles. The number of aliphatic imine (C=N–C) groups is 1. The Bertz CT molecular complexity index is 917. The fourth-order valence-corrected chi connectivity index (χ4v) is 3.27. The van der Waals surface area contributed by atoms with Gasteiger partial charge in [-0.2, -0.15) is 0 Å². The van der Waals surface area contributed by atoms with Gasteiger partial charge in [0.25, 0.3) is 5.78 Å². The average Bonchev–Trinajstić information content (AvgIpc) is 2.90. The number of hydrogen-bond acceptors (Lipinski definition) is 6. The van der Waals surface area contributed by atoms with E-state index in [1.807, 2.05) is 32.9 Å². The van der Waals surface area contributed by atoms with E-state index in [1.54, 1.807) is 10.8 Å². The number of ketones is 1. The largest absolute Gasteiger partial charge is 0.463 e. The van der Waals surface area contributed by atoms with E-state index in [0.29, 0.717) is 13.0 Å². The highest BCUT2D eigenvalue weighted by Gasteiger charge is 2.32. The number of hydrogen-bond donors (Lipinski definition) is 0. The summed E-state index contributed by atoms with van der Waals surface area (Å²) in [6.45, 7) is 5.88. The van der Waals surface area contributed by atoms with Crippen molar-refractivity contribution in [3.63, 3.8) is 0 Å². The summed E-state index contributed by atoms with van der Waals surface area (Å²) >= 11 is 0. The van der Waals surface area contributed by atoms with E-state index in [2.05, 4.69) is 9.73 Å². The van der Waals surface area contributed by atoms with Crippen LogP contribution < -0.4 is 10.6 Å².